The van der Waals surface area contributed by atoms with Crippen LogP contribution in [0.5, 0.6) is 0 Å². The van der Waals surface area contributed by atoms with Crippen LogP contribution in [0, 0.1) is 6.92 Å². The van der Waals surface area contributed by atoms with Crippen LogP contribution in [0.15, 0.2) is 5.38 Å². The van der Waals surface area contributed by atoms with E-state index < -0.39 is 0 Å². The number of hydrogen-bond donors (Lipinski definition) is 1. The van der Waals surface area contributed by atoms with Crippen molar-refractivity contribution in [2.75, 3.05) is 6.54 Å². The van der Waals surface area contributed by atoms with E-state index in [2.05, 4.69) is 10.7 Å². The molecule has 3 heteroatoms. The summed E-state index contributed by atoms with van der Waals surface area (Å²) in [4.78, 5) is 12.9. The molecule has 13 heavy (non-hydrogen) atoms. The molecule has 2 nitrogen and oxygen atoms in total. The maximum atomic E-state index is 11.6. The van der Waals surface area contributed by atoms with E-state index in [-0.39, 0.29) is 5.91 Å². The summed E-state index contributed by atoms with van der Waals surface area (Å²) in [7, 11) is 0. The Labute approximate surface area is 81.0 Å². The molecule has 68 valence electrons. The molecular weight excluding hydrogens is 182 g/mol. The molecular formula is C10H11NOS. The van der Waals surface area contributed by atoms with Crippen LogP contribution < -0.4 is 5.32 Å². The first kappa shape index (κ1) is 7.56. The predicted molar refractivity (Wildman–Crippen MR) is 52.3 cm³/mol. The molecule has 2 aliphatic rings. The van der Waals surface area contributed by atoms with E-state index in [0.29, 0.717) is 5.41 Å². The zero-order chi connectivity index (χ0) is 9.05. The third-order valence-electron chi connectivity index (χ3n) is 3.12. The Balaban J connectivity index is 2.23. The number of carbonyl (C=O) groups is 1. The molecule has 0 unspecified atom stereocenters. The molecule has 1 fully saturated rings. The van der Waals surface area contributed by atoms with Gasteiger partial charge in [-0.1, -0.05) is 0 Å². The largest absolute Gasteiger partial charge is 0.351 e. The lowest BCUT2D eigenvalue weighted by atomic mass is 9.95. The minimum atomic E-state index is 0.131. The van der Waals surface area contributed by atoms with E-state index in [9.17, 15) is 4.79 Å². The van der Waals surface area contributed by atoms with Crippen molar-refractivity contribution in [1.82, 2.24) is 5.32 Å². The normalized spacial score (nSPS) is 22.7. The zero-order valence-electron chi connectivity index (χ0n) is 7.52. The lowest BCUT2D eigenvalue weighted by Crippen LogP contribution is -2.38. The Morgan fingerprint density at radius 2 is 2.31 bits per heavy atom. The molecule has 0 bridgehead atoms. The fourth-order valence-electron chi connectivity index (χ4n) is 2.09. The Morgan fingerprint density at radius 1 is 1.54 bits per heavy atom. The smallest absolute Gasteiger partial charge is 0.252 e. The highest BCUT2D eigenvalue weighted by Crippen LogP contribution is 2.53. The van der Waals surface area contributed by atoms with Crippen molar-refractivity contribution in [3.63, 3.8) is 0 Å². The summed E-state index contributed by atoms with van der Waals surface area (Å²) in [6, 6.07) is 0. The summed E-state index contributed by atoms with van der Waals surface area (Å²) in [5.41, 5.74) is 2.46. The maximum Gasteiger partial charge on any atom is 0.252 e. The molecule has 1 aromatic rings. The SMILES string of the molecule is Cc1csc2c1C(=O)NCC21CC1. The first-order valence-corrected chi connectivity index (χ1v) is 5.48. The summed E-state index contributed by atoms with van der Waals surface area (Å²) in [5.74, 6) is 0.131. The summed E-state index contributed by atoms with van der Waals surface area (Å²) < 4.78 is 0. The van der Waals surface area contributed by atoms with Gasteiger partial charge in [0.15, 0.2) is 0 Å². The van der Waals surface area contributed by atoms with Crippen LogP contribution in [0.4, 0.5) is 0 Å². The number of carbonyl (C=O) groups excluding carboxylic acids is 1. The average molecular weight is 193 g/mol. The van der Waals surface area contributed by atoms with Gasteiger partial charge in [0.05, 0.1) is 5.56 Å². The lowest BCUT2D eigenvalue weighted by Gasteiger charge is -2.22. The van der Waals surface area contributed by atoms with Gasteiger partial charge in [-0.15, -0.1) is 11.3 Å². The van der Waals surface area contributed by atoms with Crippen LogP contribution in [-0.2, 0) is 5.41 Å². The van der Waals surface area contributed by atoms with Crippen molar-refractivity contribution < 1.29 is 4.79 Å². The van der Waals surface area contributed by atoms with E-state index in [1.54, 1.807) is 11.3 Å². The van der Waals surface area contributed by atoms with Crippen molar-refractivity contribution >= 4 is 17.2 Å². The highest BCUT2D eigenvalue weighted by atomic mass is 32.1. The lowest BCUT2D eigenvalue weighted by molar-refractivity contribution is 0.0938. The second kappa shape index (κ2) is 2.15. The quantitative estimate of drug-likeness (QED) is 0.669. The molecule has 1 saturated carbocycles. The van der Waals surface area contributed by atoms with Crippen LogP contribution in [0.2, 0.25) is 0 Å². The number of rotatable bonds is 0. The Hall–Kier alpha value is -0.830. The van der Waals surface area contributed by atoms with E-state index >= 15 is 0 Å². The third-order valence-corrected chi connectivity index (χ3v) is 4.47. The monoisotopic (exact) mass is 193 g/mol. The van der Waals surface area contributed by atoms with Crippen molar-refractivity contribution in [1.29, 1.82) is 0 Å². The van der Waals surface area contributed by atoms with Gasteiger partial charge in [-0.05, 0) is 30.7 Å². The molecule has 1 aliphatic heterocycles. The number of hydrogen-bond acceptors (Lipinski definition) is 2. The first-order valence-electron chi connectivity index (χ1n) is 4.60. The minimum absolute atomic E-state index is 0.131. The van der Waals surface area contributed by atoms with Crippen LogP contribution in [-0.4, -0.2) is 12.5 Å². The molecule has 0 saturated heterocycles. The summed E-state index contributed by atoms with van der Waals surface area (Å²) in [6.45, 7) is 2.88. The van der Waals surface area contributed by atoms with Crippen molar-refractivity contribution in [2.24, 2.45) is 0 Å². The van der Waals surface area contributed by atoms with Crippen LogP contribution in [0.3, 0.4) is 0 Å². The Bertz CT molecular complexity index is 390. The van der Waals surface area contributed by atoms with Crippen molar-refractivity contribution in [3.05, 3.63) is 21.4 Å². The summed E-state index contributed by atoms with van der Waals surface area (Å²) in [5, 5.41) is 5.09. The summed E-state index contributed by atoms with van der Waals surface area (Å²) >= 11 is 1.76. The molecule has 0 aromatic carbocycles. The van der Waals surface area contributed by atoms with Crippen molar-refractivity contribution in [3.8, 4) is 0 Å². The van der Waals surface area contributed by atoms with Gasteiger partial charge in [0.1, 0.15) is 0 Å². The molecule has 1 aromatic heterocycles. The van der Waals surface area contributed by atoms with Gasteiger partial charge in [-0.25, -0.2) is 0 Å². The fraction of sp³-hybridized carbons (Fsp3) is 0.500. The second-order valence-corrected chi connectivity index (χ2v) is 4.97. The number of aryl methyl sites for hydroxylation is 1. The highest BCUT2D eigenvalue weighted by molar-refractivity contribution is 7.10. The van der Waals surface area contributed by atoms with Crippen LogP contribution in [0.25, 0.3) is 0 Å². The number of fused-ring (bicyclic) bond motifs is 2. The highest BCUT2D eigenvalue weighted by Gasteiger charge is 2.50. The van der Waals surface area contributed by atoms with E-state index in [4.69, 9.17) is 0 Å². The Morgan fingerprint density at radius 3 is 3.00 bits per heavy atom. The van der Waals surface area contributed by atoms with Gasteiger partial charge in [0.2, 0.25) is 0 Å². The van der Waals surface area contributed by atoms with E-state index in [1.165, 1.54) is 17.7 Å². The van der Waals surface area contributed by atoms with Gasteiger partial charge in [0, 0.05) is 16.8 Å². The molecule has 1 spiro atoms. The molecule has 1 amide bonds. The number of nitrogens with one attached hydrogen (secondary N) is 1. The van der Waals surface area contributed by atoms with Gasteiger partial charge in [-0.2, -0.15) is 0 Å². The van der Waals surface area contributed by atoms with Crippen LogP contribution >= 0.6 is 11.3 Å². The number of amides is 1. The van der Waals surface area contributed by atoms with E-state index in [0.717, 1.165) is 17.7 Å². The van der Waals surface area contributed by atoms with Gasteiger partial charge in [0.25, 0.3) is 5.91 Å². The minimum Gasteiger partial charge on any atom is -0.351 e. The standard InChI is InChI=1S/C10H11NOS/c1-6-4-13-8-7(6)9(12)11-5-10(8)2-3-10/h4H,2-3,5H2,1H3,(H,11,12). The first-order chi connectivity index (χ1) is 6.23. The second-order valence-electron chi connectivity index (χ2n) is 4.09. The summed E-state index contributed by atoms with van der Waals surface area (Å²) in [6.07, 6.45) is 2.50. The van der Waals surface area contributed by atoms with Gasteiger partial charge < -0.3 is 5.32 Å². The van der Waals surface area contributed by atoms with Crippen LogP contribution in [0.1, 0.15) is 33.6 Å². The maximum absolute atomic E-state index is 11.6. The van der Waals surface area contributed by atoms with Crippen molar-refractivity contribution in [2.45, 2.75) is 25.2 Å². The van der Waals surface area contributed by atoms with E-state index in [1.807, 2.05) is 6.92 Å². The fourth-order valence-corrected chi connectivity index (χ4v) is 3.40. The molecule has 0 atom stereocenters. The number of thiophene rings is 1. The molecule has 2 heterocycles. The third kappa shape index (κ3) is 0.854. The topological polar surface area (TPSA) is 29.1 Å². The predicted octanol–water partition coefficient (Wildman–Crippen LogP) is 1.83. The average Bonchev–Trinajstić information content (AvgIpc) is 2.78. The van der Waals surface area contributed by atoms with Gasteiger partial charge in [-0.3, -0.25) is 4.79 Å². The zero-order valence-corrected chi connectivity index (χ0v) is 8.33. The molecule has 1 N–H and O–H groups in total. The molecule has 3 rings (SSSR count). The molecule has 1 aliphatic carbocycles. The van der Waals surface area contributed by atoms with Gasteiger partial charge >= 0.3 is 0 Å². The molecule has 0 radical (unpaired) electrons. The Kier molecular flexibility index (Phi) is 1.25.